The Kier molecular flexibility index (Phi) is 4.04. The number of carbonyl (C=O) groups is 1. The highest BCUT2D eigenvalue weighted by Gasteiger charge is 2.26. The fourth-order valence-electron chi connectivity index (χ4n) is 2.12. The third-order valence-corrected chi connectivity index (χ3v) is 3.42. The average Bonchev–Trinajstić information content (AvgIpc) is 2.78. The predicted octanol–water partition coefficient (Wildman–Crippen LogP) is 1.88. The first kappa shape index (κ1) is 13.1. The molecule has 0 bridgehead atoms. The van der Waals surface area contributed by atoms with Crippen LogP contribution in [-0.4, -0.2) is 30.8 Å². The lowest BCUT2D eigenvalue weighted by Crippen LogP contribution is -2.36. The smallest absolute Gasteiger partial charge is 0.371 e. The van der Waals surface area contributed by atoms with Gasteiger partial charge in [0.05, 0.1) is 6.54 Å². The van der Waals surface area contributed by atoms with Crippen molar-refractivity contribution in [2.24, 2.45) is 5.41 Å². The number of furan rings is 1. The Morgan fingerprint density at radius 2 is 2.17 bits per heavy atom. The van der Waals surface area contributed by atoms with Crippen molar-refractivity contribution in [1.29, 1.82) is 0 Å². The summed E-state index contributed by atoms with van der Waals surface area (Å²) in [6.07, 6.45) is 2.11. The summed E-state index contributed by atoms with van der Waals surface area (Å²) in [5.74, 6) is -0.384. The van der Waals surface area contributed by atoms with Gasteiger partial charge in [-0.1, -0.05) is 6.92 Å². The summed E-state index contributed by atoms with van der Waals surface area (Å²) in [6.45, 7) is 5.33. The third kappa shape index (κ3) is 3.34. The summed E-state index contributed by atoms with van der Waals surface area (Å²) in [5.41, 5.74) is 0.264. The molecule has 0 saturated carbocycles. The van der Waals surface area contributed by atoms with E-state index in [0.29, 0.717) is 12.3 Å². The number of nitrogens with one attached hydrogen (secondary N) is 1. The molecule has 0 unspecified atom stereocenters. The molecule has 100 valence electrons. The van der Waals surface area contributed by atoms with Crippen LogP contribution in [0.15, 0.2) is 16.5 Å². The minimum absolute atomic E-state index is 0.0101. The van der Waals surface area contributed by atoms with Crippen molar-refractivity contribution in [2.75, 3.05) is 19.8 Å². The summed E-state index contributed by atoms with van der Waals surface area (Å²) < 4.78 is 10.5. The molecular formula is C13H19NO4. The minimum atomic E-state index is -1.03. The predicted molar refractivity (Wildman–Crippen MR) is 65.5 cm³/mol. The monoisotopic (exact) mass is 253 g/mol. The summed E-state index contributed by atoms with van der Waals surface area (Å²) in [6, 6.07) is 3.18. The van der Waals surface area contributed by atoms with Gasteiger partial charge in [0.2, 0.25) is 5.76 Å². The fourth-order valence-corrected chi connectivity index (χ4v) is 2.12. The molecule has 5 nitrogen and oxygen atoms in total. The molecular weight excluding hydrogens is 234 g/mol. The molecule has 0 spiro atoms. The van der Waals surface area contributed by atoms with E-state index in [4.69, 9.17) is 14.3 Å². The van der Waals surface area contributed by atoms with Gasteiger partial charge in [0, 0.05) is 19.8 Å². The number of hydrogen-bond donors (Lipinski definition) is 2. The molecule has 0 atom stereocenters. The number of ether oxygens (including phenoxy) is 1. The first-order chi connectivity index (χ1) is 8.59. The van der Waals surface area contributed by atoms with Gasteiger partial charge in [0.25, 0.3) is 0 Å². The van der Waals surface area contributed by atoms with E-state index in [1.165, 1.54) is 6.07 Å². The van der Waals surface area contributed by atoms with Crippen LogP contribution in [-0.2, 0) is 11.3 Å². The quantitative estimate of drug-likeness (QED) is 0.838. The van der Waals surface area contributed by atoms with Crippen LogP contribution in [0.3, 0.4) is 0 Å². The van der Waals surface area contributed by atoms with Crippen LogP contribution in [0.1, 0.15) is 36.1 Å². The Morgan fingerprint density at radius 1 is 1.44 bits per heavy atom. The lowest BCUT2D eigenvalue weighted by Gasteiger charge is -2.33. The van der Waals surface area contributed by atoms with Crippen molar-refractivity contribution >= 4 is 5.97 Å². The molecule has 1 aliphatic rings. The Labute approximate surface area is 106 Å². The van der Waals surface area contributed by atoms with Crippen LogP contribution in [0.25, 0.3) is 0 Å². The zero-order chi connectivity index (χ0) is 13.0. The van der Waals surface area contributed by atoms with E-state index in [1.54, 1.807) is 6.07 Å². The van der Waals surface area contributed by atoms with Crippen LogP contribution >= 0.6 is 0 Å². The number of carboxylic acid groups (broad SMARTS) is 1. The molecule has 0 aromatic carbocycles. The third-order valence-electron chi connectivity index (χ3n) is 3.42. The van der Waals surface area contributed by atoms with E-state index < -0.39 is 5.97 Å². The van der Waals surface area contributed by atoms with Gasteiger partial charge in [-0.2, -0.15) is 0 Å². The second-order valence-electron chi connectivity index (χ2n) is 5.10. The SMILES string of the molecule is CC1(CNCc2ccc(C(=O)O)o2)CCOCC1. The van der Waals surface area contributed by atoms with Crippen LogP contribution < -0.4 is 5.32 Å². The fraction of sp³-hybridized carbons (Fsp3) is 0.615. The van der Waals surface area contributed by atoms with Gasteiger partial charge in [0.1, 0.15) is 5.76 Å². The van der Waals surface area contributed by atoms with Crippen LogP contribution in [0.2, 0.25) is 0 Å². The van der Waals surface area contributed by atoms with Gasteiger partial charge in [-0.15, -0.1) is 0 Å². The molecule has 2 heterocycles. The maximum absolute atomic E-state index is 10.7. The highest BCUT2D eigenvalue weighted by Crippen LogP contribution is 2.28. The Bertz CT molecular complexity index is 407. The summed E-state index contributed by atoms with van der Waals surface area (Å²) in [7, 11) is 0. The molecule has 1 aromatic heterocycles. The van der Waals surface area contributed by atoms with Gasteiger partial charge in [-0.3, -0.25) is 0 Å². The highest BCUT2D eigenvalue weighted by atomic mass is 16.5. The highest BCUT2D eigenvalue weighted by molar-refractivity contribution is 5.84. The molecule has 0 aliphatic carbocycles. The average molecular weight is 253 g/mol. The van der Waals surface area contributed by atoms with Crippen molar-refractivity contribution in [3.8, 4) is 0 Å². The number of rotatable bonds is 5. The second kappa shape index (κ2) is 5.54. The summed E-state index contributed by atoms with van der Waals surface area (Å²) >= 11 is 0. The second-order valence-corrected chi connectivity index (χ2v) is 5.10. The molecule has 18 heavy (non-hydrogen) atoms. The van der Waals surface area contributed by atoms with Crippen molar-refractivity contribution in [1.82, 2.24) is 5.32 Å². The van der Waals surface area contributed by atoms with Gasteiger partial charge in [-0.25, -0.2) is 4.79 Å². The molecule has 0 amide bonds. The van der Waals surface area contributed by atoms with Gasteiger partial charge in [-0.05, 0) is 30.4 Å². The molecule has 2 N–H and O–H groups in total. The lowest BCUT2D eigenvalue weighted by atomic mass is 9.82. The maximum atomic E-state index is 10.7. The van der Waals surface area contributed by atoms with Crippen molar-refractivity contribution < 1.29 is 19.1 Å². The molecule has 5 heteroatoms. The first-order valence-electron chi connectivity index (χ1n) is 6.20. The molecule has 1 aromatic rings. The standard InChI is InChI=1S/C13H19NO4/c1-13(4-6-17-7-5-13)9-14-8-10-2-3-11(18-10)12(15)16/h2-3,14H,4-9H2,1H3,(H,15,16). The van der Waals surface area contributed by atoms with Gasteiger partial charge < -0.3 is 19.6 Å². The normalized spacial score (nSPS) is 18.7. The first-order valence-corrected chi connectivity index (χ1v) is 6.20. The maximum Gasteiger partial charge on any atom is 0.371 e. The largest absolute Gasteiger partial charge is 0.475 e. The Balaban J connectivity index is 1.78. The number of aromatic carboxylic acids is 1. The van der Waals surface area contributed by atoms with Crippen LogP contribution in [0.5, 0.6) is 0 Å². The van der Waals surface area contributed by atoms with E-state index in [2.05, 4.69) is 12.2 Å². The lowest BCUT2D eigenvalue weighted by molar-refractivity contribution is 0.0238. The molecule has 1 aliphatic heterocycles. The van der Waals surface area contributed by atoms with Gasteiger partial charge in [0.15, 0.2) is 0 Å². The van der Waals surface area contributed by atoms with E-state index >= 15 is 0 Å². The van der Waals surface area contributed by atoms with E-state index in [0.717, 1.165) is 32.6 Å². The van der Waals surface area contributed by atoms with E-state index in [9.17, 15) is 4.79 Å². The molecule has 1 fully saturated rings. The zero-order valence-corrected chi connectivity index (χ0v) is 10.6. The van der Waals surface area contributed by atoms with Crippen molar-refractivity contribution in [2.45, 2.75) is 26.3 Å². The molecule has 1 saturated heterocycles. The van der Waals surface area contributed by atoms with Crippen LogP contribution in [0.4, 0.5) is 0 Å². The van der Waals surface area contributed by atoms with Gasteiger partial charge >= 0.3 is 5.97 Å². The van der Waals surface area contributed by atoms with Crippen molar-refractivity contribution in [3.63, 3.8) is 0 Å². The Hall–Kier alpha value is -1.33. The Morgan fingerprint density at radius 3 is 2.78 bits per heavy atom. The summed E-state index contributed by atoms with van der Waals surface area (Å²) in [4.78, 5) is 10.7. The van der Waals surface area contributed by atoms with E-state index in [1.807, 2.05) is 0 Å². The summed E-state index contributed by atoms with van der Waals surface area (Å²) in [5, 5.41) is 12.1. The number of hydrogen-bond acceptors (Lipinski definition) is 4. The molecule has 0 radical (unpaired) electrons. The topological polar surface area (TPSA) is 71.7 Å². The van der Waals surface area contributed by atoms with Crippen molar-refractivity contribution in [3.05, 3.63) is 23.7 Å². The minimum Gasteiger partial charge on any atom is -0.475 e. The van der Waals surface area contributed by atoms with E-state index in [-0.39, 0.29) is 11.2 Å². The number of carboxylic acids is 1. The molecule has 2 rings (SSSR count). The van der Waals surface area contributed by atoms with Crippen LogP contribution in [0, 0.1) is 5.41 Å². The zero-order valence-electron chi connectivity index (χ0n) is 10.6.